The molecule has 16 heavy (non-hydrogen) atoms. The lowest BCUT2D eigenvalue weighted by atomic mass is 10.1. The lowest BCUT2D eigenvalue weighted by molar-refractivity contribution is 0.350. The molecular weight excluding hydrogens is 196 g/mol. The maximum absolute atomic E-state index is 3.48. The molecule has 0 aromatic heterocycles. The van der Waals surface area contributed by atoms with Gasteiger partial charge in [0.15, 0.2) is 0 Å². The number of nitrogens with zero attached hydrogens (tertiary/aromatic N) is 1. The van der Waals surface area contributed by atoms with Crippen molar-refractivity contribution in [1.82, 2.24) is 10.2 Å². The summed E-state index contributed by atoms with van der Waals surface area (Å²) in [5, 5.41) is 3.48. The van der Waals surface area contributed by atoms with Crippen LogP contribution in [0.1, 0.15) is 41.5 Å². The van der Waals surface area contributed by atoms with E-state index in [1.165, 1.54) is 11.4 Å². The lowest BCUT2D eigenvalue weighted by Gasteiger charge is -2.27. The second kappa shape index (κ2) is 7.37. The smallest absolute Gasteiger partial charge is 0.0867 e. The van der Waals surface area contributed by atoms with Crippen LogP contribution in [0.4, 0.5) is 0 Å². The molecule has 0 radical (unpaired) electrons. The summed E-state index contributed by atoms with van der Waals surface area (Å²) in [6, 6.07) is 0. The van der Waals surface area contributed by atoms with Gasteiger partial charge >= 0.3 is 0 Å². The van der Waals surface area contributed by atoms with Crippen molar-refractivity contribution in [3.05, 3.63) is 23.5 Å². The van der Waals surface area contributed by atoms with Gasteiger partial charge in [-0.05, 0) is 25.7 Å². The number of hydrogen-bond donors (Lipinski definition) is 1. The zero-order chi connectivity index (χ0) is 12.7. The van der Waals surface area contributed by atoms with Crippen molar-refractivity contribution >= 4 is 0 Å². The highest BCUT2D eigenvalue weighted by Crippen LogP contribution is 2.13. The van der Waals surface area contributed by atoms with Crippen molar-refractivity contribution in [3.63, 3.8) is 0 Å². The van der Waals surface area contributed by atoms with Gasteiger partial charge in [0.25, 0.3) is 0 Å². The first-order chi connectivity index (χ1) is 7.43. The van der Waals surface area contributed by atoms with Crippen molar-refractivity contribution in [1.29, 1.82) is 0 Å². The molecule has 0 heterocycles. The first kappa shape index (κ1) is 15.1. The monoisotopic (exact) mass is 224 g/mol. The van der Waals surface area contributed by atoms with Gasteiger partial charge in [-0.1, -0.05) is 39.8 Å². The van der Waals surface area contributed by atoms with Gasteiger partial charge in [-0.2, -0.15) is 0 Å². The average Bonchev–Trinajstić information content (AvgIpc) is 2.18. The quantitative estimate of drug-likeness (QED) is 0.694. The Kier molecular flexibility index (Phi) is 6.95. The summed E-state index contributed by atoms with van der Waals surface area (Å²) in [4.78, 5) is 2.27. The van der Waals surface area contributed by atoms with Crippen molar-refractivity contribution in [2.45, 2.75) is 41.5 Å². The van der Waals surface area contributed by atoms with E-state index in [0.29, 0.717) is 11.8 Å². The number of rotatable bonds is 6. The van der Waals surface area contributed by atoms with Crippen LogP contribution in [0.5, 0.6) is 0 Å². The molecule has 0 aromatic carbocycles. The molecule has 0 fully saturated rings. The summed E-state index contributed by atoms with van der Waals surface area (Å²) in [7, 11) is 2.13. The largest absolute Gasteiger partial charge is 0.371 e. The molecule has 0 saturated heterocycles. The normalized spacial score (nSPS) is 13.6. The third-order valence-electron chi connectivity index (χ3n) is 2.78. The van der Waals surface area contributed by atoms with Gasteiger partial charge in [0.05, 0.1) is 6.67 Å². The molecule has 2 nitrogen and oxygen atoms in total. The predicted molar refractivity (Wildman–Crippen MR) is 73.0 cm³/mol. The molecule has 94 valence electrons. The van der Waals surface area contributed by atoms with E-state index in [9.17, 15) is 0 Å². The van der Waals surface area contributed by atoms with E-state index in [1.54, 1.807) is 0 Å². The maximum atomic E-state index is 3.48. The van der Waals surface area contributed by atoms with Gasteiger partial charge < -0.3 is 10.2 Å². The highest BCUT2D eigenvalue weighted by Gasteiger charge is 2.08. The van der Waals surface area contributed by atoms with Crippen molar-refractivity contribution < 1.29 is 0 Å². The minimum absolute atomic E-state index is 0.562. The van der Waals surface area contributed by atoms with Crippen LogP contribution >= 0.6 is 0 Å². The van der Waals surface area contributed by atoms with Crippen LogP contribution in [-0.4, -0.2) is 18.6 Å². The molecule has 0 spiro atoms. The predicted octanol–water partition coefficient (Wildman–Crippen LogP) is 3.58. The highest BCUT2D eigenvalue weighted by molar-refractivity contribution is 5.04. The van der Waals surface area contributed by atoms with E-state index in [2.05, 4.69) is 71.0 Å². The van der Waals surface area contributed by atoms with Gasteiger partial charge in [-0.15, -0.1) is 0 Å². The van der Waals surface area contributed by atoms with Gasteiger partial charge in [0.1, 0.15) is 0 Å². The Balaban J connectivity index is 4.31. The summed E-state index contributed by atoms with van der Waals surface area (Å²) in [6.07, 6.45) is 4.35. The Labute approximate surface area is 101 Å². The third kappa shape index (κ3) is 4.73. The minimum atomic E-state index is 0.562. The fourth-order valence-electron chi connectivity index (χ4n) is 1.94. The minimum Gasteiger partial charge on any atom is -0.371 e. The highest BCUT2D eigenvalue weighted by atomic mass is 15.2. The third-order valence-corrected chi connectivity index (χ3v) is 2.78. The number of nitrogens with one attached hydrogen (secondary N) is 1. The van der Waals surface area contributed by atoms with E-state index >= 15 is 0 Å². The summed E-state index contributed by atoms with van der Waals surface area (Å²) >= 11 is 0. The van der Waals surface area contributed by atoms with E-state index in [-0.39, 0.29) is 0 Å². The van der Waals surface area contributed by atoms with Crippen LogP contribution in [0.3, 0.4) is 0 Å². The van der Waals surface area contributed by atoms with Gasteiger partial charge in [-0.25, -0.2) is 0 Å². The molecule has 0 atom stereocenters. The van der Waals surface area contributed by atoms with Crippen LogP contribution in [0.25, 0.3) is 0 Å². The SMILES string of the molecule is CC=C(NCN(C)C(=CC)C(C)C)C(C)C. The zero-order valence-corrected chi connectivity index (χ0v) is 12.0. The summed E-state index contributed by atoms with van der Waals surface area (Å²) in [6.45, 7) is 13.9. The van der Waals surface area contributed by atoms with Crippen LogP contribution in [-0.2, 0) is 0 Å². The van der Waals surface area contributed by atoms with Crippen LogP contribution < -0.4 is 5.32 Å². The van der Waals surface area contributed by atoms with Gasteiger partial charge in [0, 0.05) is 18.4 Å². The fraction of sp³-hybridized carbons (Fsp3) is 0.714. The molecule has 0 aliphatic heterocycles. The molecule has 0 saturated carbocycles. The summed E-state index contributed by atoms with van der Waals surface area (Å²) < 4.78 is 0. The topological polar surface area (TPSA) is 15.3 Å². The zero-order valence-electron chi connectivity index (χ0n) is 12.0. The Bertz CT molecular complexity index is 249. The first-order valence-electron chi connectivity index (χ1n) is 6.21. The molecule has 0 bridgehead atoms. The van der Waals surface area contributed by atoms with Crippen molar-refractivity contribution in [3.8, 4) is 0 Å². The Morgan fingerprint density at radius 3 is 1.94 bits per heavy atom. The molecule has 2 heteroatoms. The van der Waals surface area contributed by atoms with Crippen LogP contribution in [0.2, 0.25) is 0 Å². The average molecular weight is 224 g/mol. The Hall–Kier alpha value is -0.920. The number of hydrogen-bond acceptors (Lipinski definition) is 2. The maximum Gasteiger partial charge on any atom is 0.0867 e. The molecule has 0 aliphatic carbocycles. The molecule has 0 aromatic rings. The van der Waals surface area contributed by atoms with E-state index in [4.69, 9.17) is 0 Å². The standard InChI is InChI=1S/C14H28N2/c1-8-13(11(3)4)15-10-16(7)14(9-2)12(5)6/h8-9,11-12,15H,10H2,1-7H3. The van der Waals surface area contributed by atoms with Gasteiger partial charge in [-0.3, -0.25) is 0 Å². The van der Waals surface area contributed by atoms with E-state index in [0.717, 1.165) is 6.67 Å². The van der Waals surface area contributed by atoms with Crippen LogP contribution in [0, 0.1) is 11.8 Å². The number of allylic oxidation sites excluding steroid dienone is 4. The lowest BCUT2D eigenvalue weighted by Crippen LogP contribution is -2.32. The summed E-state index contributed by atoms with van der Waals surface area (Å²) in [5.41, 5.74) is 2.69. The molecule has 1 N–H and O–H groups in total. The molecule has 0 rings (SSSR count). The second-order valence-electron chi connectivity index (χ2n) is 4.80. The Morgan fingerprint density at radius 2 is 1.62 bits per heavy atom. The Morgan fingerprint density at radius 1 is 1.06 bits per heavy atom. The fourth-order valence-corrected chi connectivity index (χ4v) is 1.94. The second-order valence-corrected chi connectivity index (χ2v) is 4.80. The van der Waals surface area contributed by atoms with E-state index < -0.39 is 0 Å². The molecular formula is C14H28N2. The summed E-state index contributed by atoms with van der Waals surface area (Å²) in [5.74, 6) is 1.14. The van der Waals surface area contributed by atoms with Gasteiger partial charge in [0.2, 0.25) is 0 Å². The van der Waals surface area contributed by atoms with Crippen molar-refractivity contribution in [2.24, 2.45) is 11.8 Å². The first-order valence-corrected chi connectivity index (χ1v) is 6.21. The molecule has 0 aliphatic rings. The van der Waals surface area contributed by atoms with Crippen LogP contribution in [0.15, 0.2) is 23.5 Å². The van der Waals surface area contributed by atoms with E-state index in [1.807, 2.05) is 0 Å². The molecule has 0 unspecified atom stereocenters. The molecule has 0 amide bonds. The van der Waals surface area contributed by atoms with Crippen molar-refractivity contribution in [2.75, 3.05) is 13.7 Å².